The molecular formula is C19H17F3N4O2. The summed E-state index contributed by atoms with van der Waals surface area (Å²) in [6.07, 6.45) is -4.71. The maximum Gasteiger partial charge on any atom is 0.410 e. The molecule has 0 fully saturated rings. The zero-order valence-corrected chi connectivity index (χ0v) is 15.2. The van der Waals surface area contributed by atoms with Crippen LogP contribution in [-0.2, 0) is 0 Å². The van der Waals surface area contributed by atoms with E-state index in [0.29, 0.717) is 17.0 Å². The normalized spacial score (nSPS) is 16.9. The molecule has 3 aromatic rings. The summed E-state index contributed by atoms with van der Waals surface area (Å²) in [5.74, 6) is 0.200. The van der Waals surface area contributed by atoms with Crippen molar-refractivity contribution in [2.24, 2.45) is 0 Å². The molecule has 0 saturated heterocycles. The Balaban J connectivity index is 1.70. The van der Waals surface area contributed by atoms with Crippen molar-refractivity contribution in [2.75, 3.05) is 11.4 Å². The van der Waals surface area contributed by atoms with E-state index >= 15 is 0 Å². The topological polar surface area (TPSA) is 64.2 Å². The van der Waals surface area contributed by atoms with Crippen LogP contribution in [0.1, 0.15) is 34.4 Å². The Morgan fingerprint density at radius 2 is 1.93 bits per heavy atom. The second-order valence-corrected chi connectivity index (χ2v) is 6.68. The van der Waals surface area contributed by atoms with E-state index in [1.165, 1.54) is 11.0 Å². The number of aryl methyl sites for hydroxylation is 2. The van der Waals surface area contributed by atoms with Crippen molar-refractivity contribution in [1.82, 2.24) is 14.8 Å². The van der Waals surface area contributed by atoms with E-state index in [4.69, 9.17) is 4.42 Å². The van der Waals surface area contributed by atoms with Crippen LogP contribution in [0.5, 0.6) is 0 Å². The molecular weight excluding hydrogens is 373 g/mol. The molecule has 4 rings (SSSR count). The molecule has 1 amide bonds. The Bertz CT molecular complexity index is 1020. The van der Waals surface area contributed by atoms with E-state index in [2.05, 4.69) is 10.1 Å². The monoisotopic (exact) mass is 390 g/mol. The minimum atomic E-state index is -4.44. The third kappa shape index (κ3) is 3.06. The molecule has 6 nitrogen and oxygen atoms in total. The Kier molecular flexibility index (Phi) is 4.24. The highest BCUT2D eigenvalue weighted by Gasteiger charge is 2.46. The number of halogens is 3. The number of fused-ring (bicyclic) bond motifs is 1. The summed E-state index contributed by atoms with van der Waals surface area (Å²) in [5, 5.41) is 3.96. The highest BCUT2D eigenvalue weighted by molar-refractivity contribution is 6.05. The molecule has 9 heteroatoms. The van der Waals surface area contributed by atoms with Crippen LogP contribution < -0.4 is 4.90 Å². The fourth-order valence-corrected chi connectivity index (χ4v) is 3.36. The maximum absolute atomic E-state index is 13.3. The van der Waals surface area contributed by atoms with Gasteiger partial charge in [-0.2, -0.15) is 18.3 Å². The number of hydrogen-bond donors (Lipinski definition) is 0. The number of carbonyl (C=O) groups excluding carboxylic acids is 1. The predicted molar refractivity (Wildman–Crippen MR) is 95.0 cm³/mol. The van der Waals surface area contributed by atoms with Crippen LogP contribution in [-0.4, -0.2) is 33.4 Å². The largest absolute Gasteiger partial charge is 0.441 e. The van der Waals surface area contributed by atoms with Crippen LogP contribution in [0.3, 0.4) is 0 Å². The summed E-state index contributed by atoms with van der Waals surface area (Å²) in [7, 11) is 0. The van der Waals surface area contributed by atoms with E-state index in [9.17, 15) is 18.0 Å². The third-order valence-electron chi connectivity index (χ3n) is 4.68. The minimum Gasteiger partial charge on any atom is -0.441 e. The van der Waals surface area contributed by atoms with Crippen molar-refractivity contribution < 1.29 is 22.4 Å². The Morgan fingerprint density at radius 3 is 2.61 bits per heavy atom. The molecule has 1 aliphatic rings. The Hall–Kier alpha value is -3.10. The molecule has 0 spiro atoms. The molecule has 1 atom stereocenters. The zero-order chi connectivity index (χ0) is 20.1. The van der Waals surface area contributed by atoms with Gasteiger partial charge in [0.05, 0.1) is 5.69 Å². The van der Waals surface area contributed by atoms with Crippen LogP contribution in [0.25, 0.3) is 11.5 Å². The second-order valence-electron chi connectivity index (χ2n) is 6.68. The fraction of sp³-hybridized carbons (Fsp3) is 0.316. The van der Waals surface area contributed by atoms with Gasteiger partial charge in [-0.3, -0.25) is 9.69 Å². The molecule has 1 unspecified atom stereocenters. The summed E-state index contributed by atoms with van der Waals surface area (Å²) < 4.78 is 46.5. The van der Waals surface area contributed by atoms with Gasteiger partial charge in [-0.05, 0) is 32.4 Å². The lowest BCUT2D eigenvalue weighted by atomic mass is 10.1. The van der Waals surface area contributed by atoms with Gasteiger partial charge in [0.15, 0.2) is 11.7 Å². The number of amides is 1. The van der Waals surface area contributed by atoms with Crippen molar-refractivity contribution in [2.45, 2.75) is 32.5 Å². The van der Waals surface area contributed by atoms with Crippen molar-refractivity contribution in [3.05, 3.63) is 53.5 Å². The molecule has 0 bridgehead atoms. The smallest absolute Gasteiger partial charge is 0.410 e. The molecule has 0 N–H and O–H groups in total. The van der Waals surface area contributed by atoms with Crippen LogP contribution in [0.15, 0.2) is 40.8 Å². The molecule has 0 radical (unpaired) electrons. The number of anilines is 1. The van der Waals surface area contributed by atoms with Crippen molar-refractivity contribution in [1.29, 1.82) is 0 Å². The lowest BCUT2D eigenvalue weighted by molar-refractivity contribution is -0.172. The van der Waals surface area contributed by atoms with E-state index in [-0.39, 0.29) is 30.4 Å². The predicted octanol–water partition coefficient (Wildman–Crippen LogP) is 4.31. The van der Waals surface area contributed by atoms with Crippen molar-refractivity contribution in [3.8, 4) is 11.5 Å². The van der Waals surface area contributed by atoms with Gasteiger partial charge >= 0.3 is 6.18 Å². The second kappa shape index (κ2) is 6.50. The van der Waals surface area contributed by atoms with E-state index in [1.54, 1.807) is 26.0 Å². The summed E-state index contributed by atoms with van der Waals surface area (Å²) in [4.78, 5) is 18.6. The number of aromatic nitrogens is 3. The maximum atomic E-state index is 13.3. The van der Waals surface area contributed by atoms with Gasteiger partial charge in [0.2, 0.25) is 5.89 Å². The first-order valence-corrected chi connectivity index (χ1v) is 8.73. The quantitative estimate of drug-likeness (QED) is 0.654. The number of benzene rings is 1. The summed E-state index contributed by atoms with van der Waals surface area (Å²) in [6.45, 7) is 3.12. The molecule has 0 saturated carbocycles. The average Bonchev–Trinajstić information content (AvgIpc) is 3.22. The van der Waals surface area contributed by atoms with Gasteiger partial charge in [0, 0.05) is 18.2 Å². The molecule has 3 heterocycles. The first-order valence-electron chi connectivity index (χ1n) is 8.73. The molecule has 146 valence electrons. The Morgan fingerprint density at radius 1 is 1.21 bits per heavy atom. The number of alkyl halides is 3. The van der Waals surface area contributed by atoms with Crippen molar-refractivity contribution >= 4 is 11.7 Å². The average molecular weight is 390 g/mol. The highest BCUT2D eigenvalue weighted by atomic mass is 19.4. The summed E-state index contributed by atoms with van der Waals surface area (Å²) >= 11 is 0. The van der Waals surface area contributed by atoms with Crippen LogP contribution in [0.4, 0.5) is 19.0 Å². The molecule has 0 aliphatic carbocycles. The van der Waals surface area contributed by atoms with Crippen molar-refractivity contribution in [3.63, 3.8) is 0 Å². The van der Waals surface area contributed by atoms with Crippen LogP contribution in [0.2, 0.25) is 0 Å². The van der Waals surface area contributed by atoms with E-state index < -0.39 is 18.1 Å². The first kappa shape index (κ1) is 18.3. The standard InChI is InChI=1S/C19H17F3N4O2/c1-11-10-15-25(9-8-14(19(20,21)22)26(15)24-11)18(27)16-12(2)28-17(23-16)13-6-4-3-5-7-13/h3-7,10,14H,8-9H2,1-2H3. The number of carbonyl (C=O) groups is 1. The summed E-state index contributed by atoms with van der Waals surface area (Å²) in [5.41, 5.74) is 1.20. The number of hydrogen-bond acceptors (Lipinski definition) is 4. The van der Waals surface area contributed by atoms with Gasteiger partial charge in [-0.25, -0.2) is 9.67 Å². The fourth-order valence-electron chi connectivity index (χ4n) is 3.36. The number of rotatable bonds is 2. The van der Waals surface area contributed by atoms with Gasteiger partial charge in [0.1, 0.15) is 11.6 Å². The molecule has 28 heavy (non-hydrogen) atoms. The van der Waals surface area contributed by atoms with Gasteiger partial charge < -0.3 is 4.42 Å². The zero-order valence-electron chi connectivity index (χ0n) is 15.2. The van der Waals surface area contributed by atoms with Gasteiger partial charge in [-0.1, -0.05) is 18.2 Å². The molecule has 1 aliphatic heterocycles. The van der Waals surface area contributed by atoms with Gasteiger partial charge in [-0.15, -0.1) is 0 Å². The lowest BCUT2D eigenvalue weighted by Crippen LogP contribution is -2.43. The van der Waals surface area contributed by atoms with Crippen LogP contribution >= 0.6 is 0 Å². The molecule has 2 aromatic heterocycles. The van der Waals surface area contributed by atoms with Crippen LogP contribution in [0, 0.1) is 13.8 Å². The first-order chi connectivity index (χ1) is 13.3. The number of nitrogens with zero attached hydrogens (tertiary/aromatic N) is 4. The Labute approximate surface area is 158 Å². The lowest BCUT2D eigenvalue weighted by Gasteiger charge is -2.33. The minimum absolute atomic E-state index is 0.0784. The SMILES string of the molecule is Cc1cc2n(n1)C(C(F)(F)F)CCN2C(=O)c1nc(-c2ccccc2)oc1C. The molecule has 1 aromatic carbocycles. The summed E-state index contributed by atoms with van der Waals surface area (Å²) in [6, 6.07) is 8.81. The highest BCUT2D eigenvalue weighted by Crippen LogP contribution is 2.40. The van der Waals surface area contributed by atoms with E-state index in [1.807, 2.05) is 18.2 Å². The third-order valence-corrected chi connectivity index (χ3v) is 4.68. The number of oxazole rings is 1. The van der Waals surface area contributed by atoms with Gasteiger partial charge in [0.25, 0.3) is 5.91 Å². The van der Waals surface area contributed by atoms with E-state index in [0.717, 1.165) is 4.68 Å².